The van der Waals surface area contributed by atoms with E-state index in [-0.39, 0.29) is 35.1 Å². The SMILES string of the molecule is COc1ccc2oc(C(=O)Nc3ccc(C)cc3)c(NC(=O)C3CCC(C(=O)N(C)CCN(C)C)CC3)c2n1. The highest BCUT2D eigenvalue weighted by Crippen LogP contribution is 2.35. The Labute approximate surface area is 228 Å². The molecule has 2 N–H and O–H groups in total. The van der Waals surface area contributed by atoms with Gasteiger partial charge in [0.25, 0.3) is 5.91 Å². The maximum absolute atomic E-state index is 13.4. The van der Waals surface area contributed by atoms with Crippen molar-refractivity contribution in [2.45, 2.75) is 32.6 Å². The minimum atomic E-state index is -0.499. The number of methoxy groups -OCH3 is 1. The summed E-state index contributed by atoms with van der Waals surface area (Å²) < 4.78 is 11.1. The first-order valence-corrected chi connectivity index (χ1v) is 13.2. The smallest absolute Gasteiger partial charge is 0.293 e. The van der Waals surface area contributed by atoms with E-state index in [9.17, 15) is 14.4 Å². The Morgan fingerprint density at radius 1 is 0.949 bits per heavy atom. The normalized spacial score (nSPS) is 17.2. The first-order valence-electron chi connectivity index (χ1n) is 13.2. The fraction of sp³-hybridized carbons (Fsp3) is 0.448. The van der Waals surface area contributed by atoms with Gasteiger partial charge in [0, 0.05) is 43.7 Å². The van der Waals surface area contributed by atoms with E-state index in [1.165, 1.54) is 7.11 Å². The number of benzene rings is 1. The monoisotopic (exact) mass is 535 g/mol. The van der Waals surface area contributed by atoms with Crippen LogP contribution in [0.3, 0.4) is 0 Å². The van der Waals surface area contributed by atoms with Crippen LogP contribution in [0.5, 0.6) is 5.88 Å². The molecule has 0 saturated heterocycles. The average Bonchev–Trinajstić information content (AvgIpc) is 3.30. The predicted octanol–water partition coefficient (Wildman–Crippen LogP) is 4.16. The van der Waals surface area contributed by atoms with Gasteiger partial charge in [-0.15, -0.1) is 0 Å². The molecule has 3 amide bonds. The number of ether oxygens (including phenoxy) is 1. The van der Waals surface area contributed by atoms with Gasteiger partial charge in [0.1, 0.15) is 11.2 Å². The van der Waals surface area contributed by atoms with E-state index in [2.05, 4.69) is 15.6 Å². The van der Waals surface area contributed by atoms with Crippen molar-refractivity contribution in [1.29, 1.82) is 0 Å². The standard InChI is InChI=1S/C29H37N5O5/c1-18-6-12-21(13-7-18)30-28(36)26-25(24-22(39-26)14-15-23(31-24)38-5)32-27(35)19-8-10-20(11-9-19)29(37)34(4)17-16-33(2)3/h6-7,12-15,19-20H,8-11,16-17H2,1-5H3,(H,30,36)(H,32,35). The molecule has 3 aromatic rings. The lowest BCUT2D eigenvalue weighted by Gasteiger charge is -2.30. The molecule has 39 heavy (non-hydrogen) atoms. The first kappa shape index (κ1) is 28.1. The number of aromatic nitrogens is 1. The van der Waals surface area contributed by atoms with Crippen LogP contribution in [-0.2, 0) is 9.59 Å². The molecular formula is C29H37N5O5. The number of furan rings is 1. The molecular weight excluding hydrogens is 498 g/mol. The van der Waals surface area contributed by atoms with Crippen molar-refractivity contribution < 1.29 is 23.5 Å². The van der Waals surface area contributed by atoms with Crippen LogP contribution in [0, 0.1) is 18.8 Å². The summed E-state index contributed by atoms with van der Waals surface area (Å²) in [5.41, 5.74) is 2.57. The molecule has 0 radical (unpaired) electrons. The van der Waals surface area contributed by atoms with Gasteiger partial charge in [-0.05, 0) is 64.9 Å². The highest BCUT2D eigenvalue weighted by molar-refractivity contribution is 6.14. The summed E-state index contributed by atoms with van der Waals surface area (Å²) in [4.78, 5) is 47.7. The van der Waals surface area contributed by atoms with Gasteiger partial charge in [0.05, 0.1) is 7.11 Å². The molecule has 0 unspecified atom stereocenters. The summed E-state index contributed by atoms with van der Waals surface area (Å²) in [6.45, 7) is 3.44. The van der Waals surface area contributed by atoms with Crippen molar-refractivity contribution in [3.05, 3.63) is 47.7 Å². The number of nitrogens with zero attached hydrogens (tertiary/aromatic N) is 3. The van der Waals surface area contributed by atoms with Crippen molar-refractivity contribution in [3.63, 3.8) is 0 Å². The van der Waals surface area contributed by atoms with E-state index < -0.39 is 5.91 Å². The van der Waals surface area contributed by atoms with Crippen molar-refractivity contribution in [2.24, 2.45) is 11.8 Å². The van der Waals surface area contributed by atoms with Crippen LogP contribution >= 0.6 is 0 Å². The highest BCUT2D eigenvalue weighted by Gasteiger charge is 2.33. The van der Waals surface area contributed by atoms with Crippen LogP contribution in [0.4, 0.5) is 11.4 Å². The maximum atomic E-state index is 13.4. The van der Waals surface area contributed by atoms with E-state index in [0.29, 0.717) is 54.9 Å². The summed E-state index contributed by atoms with van der Waals surface area (Å²) in [6.07, 6.45) is 2.45. The number of amides is 3. The number of aryl methyl sites for hydroxylation is 1. The Hall–Kier alpha value is -3.92. The minimum absolute atomic E-state index is 0.0361. The Balaban J connectivity index is 1.48. The third-order valence-electron chi connectivity index (χ3n) is 7.19. The van der Waals surface area contributed by atoms with Gasteiger partial charge in [-0.2, -0.15) is 0 Å². The second-order valence-electron chi connectivity index (χ2n) is 10.4. The number of anilines is 2. The molecule has 208 valence electrons. The second-order valence-corrected chi connectivity index (χ2v) is 10.4. The zero-order valence-electron chi connectivity index (χ0n) is 23.2. The van der Waals surface area contributed by atoms with Crippen molar-refractivity contribution >= 4 is 40.2 Å². The Bertz CT molecular complexity index is 1330. The predicted molar refractivity (Wildman–Crippen MR) is 150 cm³/mol. The Morgan fingerprint density at radius 3 is 2.26 bits per heavy atom. The van der Waals surface area contributed by atoms with Gasteiger partial charge in [0.2, 0.25) is 23.5 Å². The fourth-order valence-electron chi connectivity index (χ4n) is 4.77. The lowest BCUT2D eigenvalue weighted by atomic mass is 9.81. The molecule has 1 saturated carbocycles. The van der Waals surface area contributed by atoms with Gasteiger partial charge in [-0.1, -0.05) is 17.7 Å². The van der Waals surface area contributed by atoms with Crippen LogP contribution in [-0.4, -0.2) is 73.8 Å². The molecule has 1 aliphatic carbocycles. The third-order valence-corrected chi connectivity index (χ3v) is 7.19. The Morgan fingerprint density at radius 2 is 1.62 bits per heavy atom. The quantitative estimate of drug-likeness (QED) is 0.423. The zero-order chi connectivity index (χ0) is 28.1. The number of hydrogen-bond acceptors (Lipinski definition) is 7. The topological polar surface area (TPSA) is 117 Å². The van der Waals surface area contributed by atoms with Gasteiger partial charge in [0.15, 0.2) is 5.58 Å². The van der Waals surface area contributed by atoms with Gasteiger partial charge >= 0.3 is 0 Å². The summed E-state index contributed by atoms with van der Waals surface area (Å²) in [5.74, 6) is -0.669. The molecule has 0 spiro atoms. The molecule has 2 aromatic heterocycles. The molecule has 4 rings (SSSR count). The molecule has 1 fully saturated rings. The lowest BCUT2D eigenvalue weighted by molar-refractivity contribution is -0.136. The maximum Gasteiger partial charge on any atom is 0.293 e. The average molecular weight is 536 g/mol. The zero-order valence-corrected chi connectivity index (χ0v) is 23.2. The molecule has 1 aromatic carbocycles. The van der Waals surface area contributed by atoms with Crippen LogP contribution in [0.2, 0.25) is 0 Å². The number of nitrogens with one attached hydrogen (secondary N) is 2. The van der Waals surface area contributed by atoms with Gasteiger partial charge < -0.3 is 29.6 Å². The van der Waals surface area contributed by atoms with E-state index in [4.69, 9.17) is 9.15 Å². The highest BCUT2D eigenvalue weighted by atomic mass is 16.5. The van der Waals surface area contributed by atoms with Crippen LogP contribution in [0.15, 0.2) is 40.8 Å². The molecule has 0 atom stereocenters. The van der Waals surface area contributed by atoms with Crippen molar-refractivity contribution in [1.82, 2.24) is 14.8 Å². The summed E-state index contributed by atoms with van der Waals surface area (Å²) >= 11 is 0. The van der Waals surface area contributed by atoms with Crippen molar-refractivity contribution in [3.8, 4) is 5.88 Å². The summed E-state index contributed by atoms with van der Waals surface area (Å²) in [6, 6.07) is 10.7. The Kier molecular flexibility index (Phi) is 8.86. The number of fused-ring (bicyclic) bond motifs is 1. The summed E-state index contributed by atoms with van der Waals surface area (Å²) in [7, 11) is 7.29. The molecule has 1 aliphatic rings. The fourth-order valence-corrected chi connectivity index (χ4v) is 4.77. The van der Waals surface area contributed by atoms with E-state index >= 15 is 0 Å². The van der Waals surface area contributed by atoms with E-state index in [1.54, 1.807) is 29.2 Å². The van der Waals surface area contributed by atoms with E-state index in [0.717, 1.165) is 12.1 Å². The van der Waals surface area contributed by atoms with Crippen LogP contribution in [0.25, 0.3) is 11.1 Å². The third kappa shape index (κ3) is 6.75. The van der Waals surface area contributed by atoms with Crippen LogP contribution in [0.1, 0.15) is 41.8 Å². The molecule has 0 bridgehead atoms. The second kappa shape index (κ2) is 12.3. The van der Waals surface area contributed by atoms with Gasteiger partial charge in [-0.3, -0.25) is 14.4 Å². The van der Waals surface area contributed by atoms with Crippen LogP contribution < -0.4 is 15.4 Å². The number of carbonyl (C=O) groups is 3. The number of hydrogen-bond donors (Lipinski definition) is 2. The largest absolute Gasteiger partial charge is 0.481 e. The number of rotatable bonds is 9. The lowest BCUT2D eigenvalue weighted by Crippen LogP contribution is -2.39. The number of pyridine rings is 1. The number of carbonyl (C=O) groups excluding carboxylic acids is 3. The number of likely N-dealkylation sites (N-methyl/N-ethyl adjacent to an activating group) is 2. The first-order chi connectivity index (χ1) is 18.7. The minimum Gasteiger partial charge on any atom is -0.481 e. The van der Waals surface area contributed by atoms with Crippen molar-refractivity contribution in [2.75, 3.05) is 52.0 Å². The van der Waals surface area contributed by atoms with Gasteiger partial charge in [-0.25, -0.2) is 4.98 Å². The molecule has 10 nitrogen and oxygen atoms in total. The summed E-state index contributed by atoms with van der Waals surface area (Å²) in [5, 5.41) is 5.74. The van der Waals surface area contributed by atoms with E-state index in [1.807, 2.05) is 45.1 Å². The molecule has 2 heterocycles. The molecule has 10 heteroatoms. The molecule has 0 aliphatic heterocycles.